The zero-order chi connectivity index (χ0) is 23.4. The Hall–Kier alpha value is -4.54. The van der Waals surface area contributed by atoms with E-state index in [-0.39, 0.29) is 22.6 Å². The molecule has 0 saturated heterocycles. The second-order valence-corrected chi connectivity index (χ2v) is 6.51. The van der Waals surface area contributed by atoms with Crippen molar-refractivity contribution >= 4 is 23.3 Å². The van der Waals surface area contributed by atoms with Crippen LogP contribution in [0.4, 0.5) is 11.4 Å². The van der Waals surface area contributed by atoms with Gasteiger partial charge in [-0.05, 0) is 31.2 Å². The first-order valence-corrected chi connectivity index (χ1v) is 9.19. The molecule has 0 fully saturated rings. The van der Waals surface area contributed by atoms with Crippen LogP contribution in [0.2, 0.25) is 0 Å². The summed E-state index contributed by atoms with van der Waals surface area (Å²) in [4.78, 5) is 48.2. The SMILES string of the molecule is COC(=O)c1cc(OC)ccc1NC(=O)c1nn(-c2ccccc2[N+](=O)[O-])c(C)cc1=O. The Bertz CT molecular complexity index is 1280. The predicted octanol–water partition coefficient (Wildman–Crippen LogP) is 2.50. The van der Waals surface area contributed by atoms with E-state index in [9.17, 15) is 24.5 Å². The fraction of sp³-hybridized carbons (Fsp3) is 0.143. The smallest absolute Gasteiger partial charge is 0.340 e. The van der Waals surface area contributed by atoms with Gasteiger partial charge in [-0.2, -0.15) is 5.10 Å². The number of carbonyl (C=O) groups is 2. The molecule has 1 N–H and O–H groups in total. The highest BCUT2D eigenvalue weighted by molar-refractivity contribution is 6.07. The molecule has 11 nitrogen and oxygen atoms in total. The highest BCUT2D eigenvalue weighted by Crippen LogP contribution is 2.24. The highest BCUT2D eigenvalue weighted by atomic mass is 16.6. The Balaban J connectivity index is 2.06. The predicted molar refractivity (Wildman–Crippen MR) is 114 cm³/mol. The Morgan fingerprint density at radius 3 is 2.50 bits per heavy atom. The average molecular weight is 438 g/mol. The third-order valence-electron chi connectivity index (χ3n) is 4.51. The molecule has 1 amide bonds. The molecule has 0 spiro atoms. The number of hydrogen-bond acceptors (Lipinski definition) is 8. The van der Waals surface area contributed by atoms with Gasteiger partial charge in [0, 0.05) is 17.8 Å². The second-order valence-electron chi connectivity index (χ2n) is 6.51. The molecule has 3 rings (SSSR count). The number of rotatable bonds is 6. The summed E-state index contributed by atoms with van der Waals surface area (Å²) in [6.45, 7) is 1.53. The summed E-state index contributed by atoms with van der Waals surface area (Å²) in [6.07, 6.45) is 0. The van der Waals surface area contributed by atoms with E-state index < -0.39 is 27.9 Å². The molecule has 3 aromatic rings. The van der Waals surface area contributed by atoms with Gasteiger partial charge in [0.2, 0.25) is 5.43 Å². The molecule has 164 valence electrons. The van der Waals surface area contributed by atoms with Crippen molar-refractivity contribution in [3.05, 3.63) is 85.8 Å². The summed E-state index contributed by atoms with van der Waals surface area (Å²) < 4.78 is 10.9. The second kappa shape index (κ2) is 9.08. The topological polar surface area (TPSA) is 143 Å². The molecule has 32 heavy (non-hydrogen) atoms. The summed E-state index contributed by atoms with van der Waals surface area (Å²) >= 11 is 0. The van der Waals surface area contributed by atoms with Crippen LogP contribution in [0.25, 0.3) is 5.69 Å². The number of benzene rings is 2. The van der Waals surface area contributed by atoms with E-state index in [1.807, 2.05) is 0 Å². The van der Waals surface area contributed by atoms with E-state index >= 15 is 0 Å². The van der Waals surface area contributed by atoms with Gasteiger partial charge in [-0.15, -0.1) is 0 Å². The zero-order valence-corrected chi connectivity index (χ0v) is 17.3. The molecular weight excluding hydrogens is 420 g/mol. The summed E-state index contributed by atoms with van der Waals surface area (Å²) in [5.74, 6) is -1.28. The molecule has 0 radical (unpaired) electrons. The molecule has 2 aromatic carbocycles. The number of para-hydroxylation sites is 2. The molecule has 0 aliphatic rings. The number of hydrogen-bond donors (Lipinski definition) is 1. The van der Waals surface area contributed by atoms with Crippen molar-refractivity contribution in [3.63, 3.8) is 0 Å². The fourth-order valence-corrected chi connectivity index (χ4v) is 2.97. The van der Waals surface area contributed by atoms with E-state index in [4.69, 9.17) is 9.47 Å². The number of carbonyl (C=O) groups excluding carboxylic acids is 2. The van der Waals surface area contributed by atoms with Crippen LogP contribution in [-0.2, 0) is 4.74 Å². The Morgan fingerprint density at radius 2 is 1.84 bits per heavy atom. The van der Waals surface area contributed by atoms with E-state index in [0.29, 0.717) is 11.4 Å². The normalized spacial score (nSPS) is 10.3. The van der Waals surface area contributed by atoms with E-state index in [0.717, 1.165) is 10.7 Å². The average Bonchev–Trinajstić information content (AvgIpc) is 2.78. The van der Waals surface area contributed by atoms with Gasteiger partial charge in [0.15, 0.2) is 5.69 Å². The van der Waals surface area contributed by atoms with Crippen LogP contribution in [0.15, 0.2) is 53.3 Å². The van der Waals surface area contributed by atoms with Gasteiger partial charge in [0.25, 0.3) is 11.6 Å². The van der Waals surface area contributed by atoms with Crippen LogP contribution >= 0.6 is 0 Å². The number of nitro groups is 1. The molecule has 0 aliphatic heterocycles. The molecule has 11 heteroatoms. The first-order chi connectivity index (χ1) is 15.3. The lowest BCUT2D eigenvalue weighted by Gasteiger charge is -2.13. The van der Waals surface area contributed by atoms with Crippen LogP contribution in [0.3, 0.4) is 0 Å². The van der Waals surface area contributed by atoms with Crippen LogP contribution < -0.4 is 15.5 Å². The van der Waals surface area contributed by atoms with Crippen molar-refractivity contribution in [3.8, 4) is 11.4 Å². The largest absolute Gasteiger partial charge is 0.497 e. The molecule has 0 bridgehead atoms. The zero-order valence-electron chi connectivity index (χ0n) is 17.3. The highest BCUT2D eigenvalue weighted by Gasteiger charge is 2.22. The van der Waals surface area contributed by atoms with Crippen LogP contribution in [0, 0.1) is 17.0 Å². The Kier molecular flexibility index (Phi) is 6.29. The molecule has 0 saturated carbocycles. The van der Waals surface area contributed by atoms with E-state index in [2.05, 4.69) is 10.4 Å². The molecule has 1 heterocycles. The number of nitrogens with zero attached hydrogens (tertiary/aromatic N) is 3. The lowest BCUT2D eigenvalue weighted by molar-refractivity contribution is -0.384. The number of esters is 1. The third-order valence-corrected chi connectivity index (χ3v) is 4.51. The van der Waals surface area contributed by atoms with Crippen molar-refractivity contribution in [1.82, 2.24) is 9.78 Å². The number of nitrogens with one attached hydrogen (secondary N) is 1. The summed E-state index contributed by atoms with van der Waals surface area (Å²) in [5.41, 5.74) is -0.998. The maximum atomic E-state index is 12.9. The first kappa shape index (κ1) is 22.2. The number of methoxy groups -OCH3 is 2. The number of anilines is 1. The lowest BCUT2D eigenvalue weighted by Crippen LogP contribution is -2.27. The number of amides is 1. The summed E-state index contributed by atoms with van der Waals surface area (Å²) in [5, 5.41) is 17.9. The van der Waals surface area contributed by atoms with Gasteiger partial charge in [0.1, 0.15) is 11.4 Å². The summed E-state index contributed by atoms with van der Waals surface area (Å²) in [7, 11) is 2.59. The van der Waals surface area contributed by atoms with Gasteiger partial charge in [-0.25, -0.2) is 9.48 Å². The van der Waals surface area contributed by atoms with Gasteiger partial charge in [-0.3, -0.25) is 19.7 Å². The number of ether oxygens (including phenoxy) is 2. The molecule has 0 aliphatic carbocycles. The van der Waals surface area contributed by atoms with Crippen molar-refractivity contribution < 1.29 is 24.0 Å². The standard InChI is InChI=1S/C21H18N4O7/c1-12-10-18(26)19(23-24(12)16-6-4-5-7-17(16)25(29)30)20(27)22-15-9-8-13(31-2)11-14(15)21(28)32-3/h4-11H,1-3H3,(H,22,27). The molecule has 1 aromatic heterocycles. The van der Waals surface area contributed by atoms with Gasteiger partial charge in [-0.1, -0.05) is 12.1 Å². The van der Waals surface area contributed by atoms with Crippen LogP contribution in [0.5, 0.6) is 5.75 Å². The van der Waals surface area contributed by atoms with Crippen molar-refractivity contribution in [2.75, 3.05) is 19.5 Å². The summed E-state index contributed by atoms with van der Waals surface area (Å²) in [6, 6.07) is 11.2. The minimum atomic E-state index is -0.905. The van der Waals surface area contributed by atoms with Gasteiger partial charge < -0.3 is 14.8 Å². The van der Waals surface area contributed by atoms with Crippen LogP contribution in [0.1, 0.15) is 26.5 Å². The third kappa shape index (κ3) is 4.31. The Labute approximate surface area is 181 Å². The maximum Gasteiger partial charge on any atom is 0.340 e. The number of nitro benzene ring substituents is 1. The van der Waals surface area contributed by atoms with Gasteiger partial charge >= 0.3 is 5.97 Å². The number of aromatic nitrogens is 2. The first-order valence-electron chi connectivity index (χ1n) is 9.19. The van der Waals surface area contributed by atoms with E-state index in [1.165, 1.54) is 57.5 Å². The van der Waals surface area contributed by atoms with Crippen LogP contribution in [-0.4, -0.2) is 40.8 Å². The molecular formula is C21H18N4O7. The molecule has 0 atom stereocenters. The van der Waals surface area contributed by atoms with Crippen molar-refractivity contribution in [2.24, 2.45) is 0 Å². The number of aryl methyl sites for hydroxylation is 1. The fourth-order valence-electron chi connectivity index (χ4n) is 2.97. The maximum absolute atomic E-state index is 12.9. The minimum Gasteiger partial charge on any atom is -0.497 e. The van der Waals surface area contributed by atoms with Gasteiger partial charge in [0.05, 0.1) is 30.4 Å². The lowest BCUT2D eigenvalue weighted by atomic mass is 10.1. The molecule has 0 unspecified atom stereocenters. The Morgan fingerprint density at radius 1 is 1.12 bits per heavy atom. The quantitative estimate of drug-likeness (QED) is 0.351. The van der Waals surface area contributed by atoms with E-state index in [1.54, 1.807) is 6.07 Å². The minimum absolute atomic E-state index is 0.00587. The van der Waals surface area contributed by atoms with Crippen molar-refractivity contribution in [2.45, 2.75) is 6.92 Å². The van der Waals surface area contributed by atoms with Crippen molar-refractivity contribution in [1.29, 1.82) is 0 Å². The monoisotopic (exact) mass is 438 g/mol.